The third kappa shape index (κ3) is 4.02. The molecule has 2 aromatic rings. The average molecular weight is 376 g/mol. The fourth-order valence-corrected chi connectivity index (χ4v) is 3.42. The predicted molar refractivity (Wildman–Crippen MR) is 94.9 cm³/mol. The minimum absolute atomic E-state index is 0.113. The molecule has 1 unspecified atom stereocenters. The van der Waals surface area contributed by atoms with E-state index in [0.717, 1.165) is 18.2 Å². The van der Waals surface area contributed by atoms with Gasteiger partial charge in [-0.15, -0.1) is 0 Å². The molecule has 1 aromatic heterocycles. The van der Waals surface area contributed by atoms with Crippen molar-refractivity contribution in [2.24, 2.45) is 5.92 Å². The third-order valence-electron chi connectivity index (χ3n) is 5.24. The van der Waals surface area contributed by atoms with Crippen LogP contribution in [0.2, 0.25) is 0 Å². The first kappa shape index (κ1) is 19.1. The molecule has 3 rings (SSSR count). The van der Waals surface area contributed by atoms with Gasteiger partial charge in [0.15, 0.2) is 0 Å². The van der Waals surface area contributed by atoms with Crippen molar-refractivity contribution in [1.82, 2.24) is 9.80 Å². The quantitative estimate of drug-likeness (QED) is 0.819. The molecule has 144 valence electrons. The normalized spacial score (nSPS) is 16.2. The summed E-state index contributed by atoms with van der Waals surface area (Å²) in [6, 6.07) is 4.27. The first-order chi connectivity index (χ1) is 12.9. The van der Waals surface area contributed by atoms with E-state index in [-0.39, 0.29) is 23.3 Å². The summed E-state index contributed by atoms with van der Waals surface area (Å²) in [5, 5.41) is 0. The number of nitrogens with zero attached hydrogens (tertiary/aromatic N) is 2. The van der Waals surface area contributed by atoms with E-state index in [4.69, 9.17) is 4.42 Å². The van der Waals surface area contributed by atoms with Crippen LogP contribution in [-0.2, 0) is 4.79 Å². The first-order valence-electron chi connectivity index (χ1n) is 8.91. The van der Waals surface area contributed by atoms with Crippen molar-refractivity contribution in [2.45, 2.75) is 25.8 Å². The number of carbonyl (C=O) groups excluding carboxylic acids is 2. The van der Waals surface area contributed by atoms with Gasteiger partial charge in [0.1, 0.15) is 17.9 Å². The summed E-state index contributed by atoms with van der Waals surface area (Å²) in [5.41, 5.74) is 0.644. The number of hydrogen-bond donors (Lipinski definition) is 0. The Bertz CT molecular complexity index is 815. The fraction of sp³-hybridized carbons (Fsp3) is 0.400. The number of furan rings is 1. The lowest BCUT2D eigenvalue weighted by atomic mass is 9.94. The maximum absolute atomic E-state index is 14.0. The number of benzene rings is 1. The van der Waals surface area contributed by atoms with Crippen molar-refractivity contribution in [1.29, 1.82) is 0 Å². The predicted octanol–water partition coefficient (Wildman–Crippen LogP) is 3.63. The highest BCUT2D eigenvalue weighted by Crippen LogP contribution is 2.27. The Morgan fingerprint density at radius 2 is 1.93 bits per heavy atom. The lowest BCUT2D eigenvalue weighted by Gasteiger charge is -2.35. The Balaban J connectivity index is 1.61. The van der Waals surface area contributed by atoms with Crippen LogP contribution in [0.25, 0.3) is 0 Å². The molecule has 1 aliphatic heterocycles. The maximum atomic E-state index is 14.0. The van der Waals surface area contributed by atoms with Gasteiger partial charge >= 0.3 is 0 Å². The van der Waals surface area contributed by atoms with Gasteiger partial charge in [-0.2, -0.15) is 0 Å². The van der Waals surface area contributed by atoms with Gasteiger partial charge < -0.3 is 14.2 Å². The van der Waals surface area contributed by atoms with Crippen LogP contribution in [0.1, 0.15) is 41.7 Å². The minimum atomic E-state index is -0.584. The number of piperidine rings is 1. The molecule has 2 heterocycles. The number of rotatable bonds is 4. The smallest absolute Gasteiger partial charge is 0.257 e. The molecule has 1 atom stereocenters. The van der Waals surface area contributed by atoms with Crippen molar-refractivity contribution in [2.75, 3.05) is 20.1 Å². The first-order valence-corrected chi connectivity index (χ1v) is 8.91. The van der Waals surface area contributed by atoms with E-state index in [0.29, 0.717) is 31.5 Å². The standard InChI is InChI=1S/C20H22F2N2O3/c1-13(17-11-16(21)3-4-18(17)22)23(2)19(25)14-5-8-24(9-6-14)20(26)15-7-10-27-12-15/h3-4,7,10-14H,5-6,8-9H2,1-2H3. The lowest BCUT2D eigenvalue weighted by molar-refractivity contribution is -0.137. The van der Waals surface area contributed by atoms with Gasteiger partial charge in [0.25, 0.3) is 5.91 Å². The van der Waals surface area contributed by atoms with Gasteiger partial charge in [0, 0.05) is 31.6 Å². The molecule has 1 aliphatic rings. The van der Waals surface area contributed by atoms with Gasteiger partial charge in [-0.1, -0.05) is 0 Å². The summed E-state index contributed by atoms with van der Waals surface area (Å²) in [7, 11) is 1.60. The summed E-state index contributed by atoms with van der Waals surface area (Å²) >= 11 is 0. The van der Waals surface area contributed by atoms with Gasteiger partial charge in [-0.25, -0.2) is 8.78 Å². The van der Waals surface area contributed by atoms with Crippen LogP contribution < -0.4 is 0 Å². The Labute approximate surface area is 156 Å². The average Bonchev–Trinajstić information content (AvgIpc) is 3.22. The van der Waals surface area contributed by atoms with E-state index < -0.39 is 17.7 Å². The van der Waals surface area contributed by atoms with Gasteiger partial charge in [-0.3, -0.25) is 9.59 Å². The van der Waals surface area contributed by atoms with Crippen LogP contribution in [-0.4, -0.2) is 41.8 Å². The lowest BCUT2D eigenvalue weighted by Crippen LogP contribution is -2.44. The van der Waals surface area contributed by atoms with Crippen molar-refractivity contribution in [3.63, 3.8) is 0 Å². The van der Waals surface area contributed by atoms with Crippen LogP contribution in [0, 0.1) is 17.6 Å². The molecule has 0 saturated carbocycles. The Hall–Kier alpha value is -2.70. The van der Waals surface area contributed by atoms with Crippen LogP contribution >= 0.6 is 0 Å². The largest absolute Gasteiger partial charge is 0.472 e. The molecule has 0 radical (unpaired) electrons. The van der Waals surface area contributed by atoms with Crippen molar-refractivity contribution in [3.8, 4) is 0 Å². The van der Waals surface area contributed by atoms with E-state index in [9.17, 15) is 18.4 Å². The molecule has 27 heavy (non-hydrogen) atoms. The summed E-state index contributed by atoms with van der Waals surface area (Å²) in [6.07, 6.45) is 3.92. The summed E-state index contributed by atoms with van der Waals surface area (Å²) in [6.45, 7) is 2.61. The van der Waals surface area contributed by atoms with Crippen LogP contribution in [0.15, 0.2) is 41.2 Å². The molecular weight excluding hydrogens is 354 g/mol. The molecule has 1 aromatic carbocycles. The van der Waals surface area contributed by atoms with Gasteiger partial charge in [0.05, 0.1) is 17.9 Å². The Kier molecular flexibility index (Phi) is 5.58. The number of likely N-dealkylation sites (tertiary alicyclic amines) is 1. The van der Waals surface area contributed by atoms with E-state index in [1.165, 1.54) is 17.4 Å². The zero-order chi connectivity index (χ0) is 19.6. The van der Waals surface area contributed by atoms with Crippen molar-refractivity contribution < 1.29 is 22.8 Å². The van der Waals surface area contributed by atoms with Crippen LogP contribution in [0.4, 0.5) is 8.78 Å². The zero-order valence-corrected chi connectivity index (χ0v) is 15.3. The van der Waals surface area contributed by atoms with Crippen LogP contribution in [0.5, 0.6) is 0 Å². The molecule has 0 bridgehead atoms. The molecule has 0 spiro atoms. The fourth-order valence-electron chi connectivity index (χ4n) is 3.42. The summed E-state index contributed by atoms with van der Waals surface area (Å²) in [4.78, 5) is 28.3. The molecule has 2 amide bonds. The highest BCUT2D eigenvalue weighted by atomic mass is 19.1. The van der Waals surface area contributed by atoms with Gasteiger partial charge in [0.2, 0.25) is 5.91 Å². The minimum Gasteiger partial charge on any atom is -0.472 e. The summed E-state index contributed by atoms with van der Waals surface area (Å²) < 4.78 is 32.4. The molecule has 0 N–H and O–H groups in total. The highest BCUT2D eigenvalue weighted by Gasteiger charge is 2.32. The number of halogens is 2. The van der Waals surface area contributed by atoms with E-state index in [1.807, 2.05) is 0 Å². The SMILES string of the molecule is CC(c1cc(F)ccc1F)N(C)C(=O)C1CCN(C(=O)c2ccoc2)CC1. The molecule has 7 heteroatoms. The van der Waals surface area contributed by atoms with E-state index in [2.05, 4.69) is 0 Å². The molecule has 0 aliphatic carbocycles. The Morgan fingerprint density at radius 3 is 2.56 bits per heavy atom. The highest BCUT2D eigenvalue weighted by molar-refractivity contribution is 5.94. The van der Waals surface area contributed by atoms with Crippen LogP contribution in [0.3, 0.4) is 0 Å². The molecular formula is C20H22F2N2O3. The molecule has 1 saturated heterocycles. The topological polar surface area (TPSA) is 53.8 Å². The summed E-state index contributed by atoms with van der Waals surface area (Å²) in [5.74, 6) is -1.56. The molecule has 5 nitrogen and oxygen atoms in total. The zero-order valence-electron chi connectivity index (χ0n) is 15.3. The monoisotopic (exact) mass is 376 g/mol. The van der Waals surface area contributed by atoms with E-state index in [1.54, 1.807) is 24.9 Å². The van der Waals surface area contributed by atoms with Gasteiger partial charge in [-0.05, 0) is 44.0 Å². The third-order valence-corrected chi connectivity index (χ3v) is 5.24. The number of carbonyl (C=O) groups is 2. The number of amides is 2. The maximum Gasteiger partial charge on any atom is 0.257 e. The molecule has 1 fully saturated rings. The number of hydrogen-bond acceptors (Lipinski definition) is 3. The van der Waals surface area contributed by atoms with Crippen molar-refractivity contribution in [3.05, 3.63) is 59.6 Å². The van der Waals surface area contributed by atoms with Crippen molar-refractivity contribution >= 4 is 11.8 Å². The second-order valence-corrected chi connectivity index (χ2v) is 6.87. The second-order valence-electron chi connectivity index (χ2n) is 6.87. The van der Waals surface area contributed by atoms with E-state index >= 15 is 0 Å². The Morgan fingerprint density at radius 1 is 1.22 bits per heavy atom. The second kappa shape index (κ2) is 7.90.